The number of carbonyl (C=O) groups excluding carboxylic acids is 1. The molecular formula is C21H25F3N4O3S2. The molecular weight excluding hydrogens is 477 g/mol. The summed E-state index contributed by atoms with van der Waals surface area (Å²) >= 11 is 2.65. The van der Waals surface area contributed by atoms with Crippen LogP contribution in [0.4, 0.5) is 23.8 Å². The van der Waals surface area contributed by atoms with E-state index in [2.05, 4.69) is 10.3 Å². The highest BCUT2D eigenvalue weighted by atomic mass is 32.2. The molecule has 2 aliphatic heterocycles. The van der Waals surface area contributed by atoms with Crippen LogP contribution in [0.15, 0.2) is 11.4 Å². The van der Waals surface area contributed by atoms with Gasteiger partial charge in [0.1, 0.15) is 5.82 Å². The van der Waals surface area contributed by atoms with Gasteiger partial charge < -0.3 is 20.2 Å². The van der Waals surface area contributed by atoms with E-state index in [-0.39, 0.29) is 38.8 Å². The van der Waals surface area contributed by atoms with Gasteiger partial charge in [0, 0.05) is 49.1 Å². The summed E-state index contributed by atoms with van der Waals surface area (Å²) < 4.78 is 41.4. The summed E-state index contributed by atoms with van der Waals surface area (Å²) in [6.45, 7) is 3.49. The number of amides is 2. The van der Waals surface area contributed by atoms with Crippen molar-refractivity contribution in [3.8, 4) is 0 Å². The number of thioether (sulfide) groups is 1. The van der Waals surface area contributed by atoms with Gasteiger partial charge in [-0.05, 0) is 31.7 Å². The van der Waals surface area contributed by atoms with E-state index in [0.717, 1.165) is 36.0 Å². The van der Waals surface area contributed by atoms with Crippen molar-refractivity contribution < 1.29 is 27.9 Å². The maximum Gasteiger partial charge on any atom is 0.417 e. The highest BCUT2D eigenvalue weighted by Gasteiger charge is 2.39. The first kappa shape index (κ1) is 23.9. The lowest BCUT2D eigenvalue weighted by atomic mass is 9.89. The van der Waals surface area contributed by atoms with E-state index in [1.54, 1.807) is 11.8 Å². The zero-order valence-electron chi connectivity index (χ0n) is 18.2. The zero-order chi connectivity index (χ0) is 23.9. The molecule has 2 atom stereocenters. The van der Waals surface area contributed by atoms with Crippen molar-refractivity contribution >= 4 is 51.1 Å². The largest absolute Gasteiger partial charge is 0.465 e. The minimum atomic E-state index is -4.56. The molecule has 4 rings (SSSR count). The fourth-order valence-corrected chi connectivity index (χ4v) is 7.30. The Morgan fingerprint density at radius 2 is 1.94 bits per heavy atom. The third-order valence-corrected chi connectivity index (χ3v) is 9.05. The quantitative estimate of drug-likeness (QED) is 0.648. The first-order chi connectivity index (χ1) is 15.6. The van der Waals surface area contributed by atoms with Crippen LogP contribution in [0.5, 0.6) is 0 Å². The predicted molar refractivity (Wildman–Crippen MR) is 123 cm³/mol. The lowest BCUT2D eigenvalue weighted by Crippen LogP contribution is -2.52. The molecule has 0 aromatic carbocycles. The van der Waals surface area contributed by atoms with Crippen LogP contribution in [0.3, 0.4) is 0 Å². The molecule has 2 aromatic heterocycles. The number of piperidine rings is 1. The fraction of sp³-hybridized carbons (Fsp3) is 0.571. The first-order valence-corrected chi connectivity index (χ1v) is 12.6. The SMILES string of the molecule is CNC(=O)c1csc2c(C(F)(F)F)cc(N3CCC(C4SCCN(C(=O)O)C4C)CC3)nc12. The van der Waals surface area contributed by atoms with Crippen LogP contribution in [-0.2, 0) is 6.18 Å². The number of carbonyl (C=O) groups is 2. The molecule has 0 aliphatic carbocycles. The summed E-state index contributed by atoms with van der Waals surface area (Å²) in [7, 11) is 1.43. The van der Waals surface area contributed by atoms with Gasteiger partial charge in [-0.3, -0.25) is 4.79 Å². The molecule has 2 N–H and O–H groups in total. The Morgan fingerprint density at radius 3 is 2.55 bits per heavy atom. The van der Waals surface area contributed by atoms with Gasteiger partial charge in [-0.1, -0.05) is 0 Å². The molecule has 12 heteroatoms. The van der Waals surface area contributed by atoms with Crippen molar-refractivity contribution in [2.45, 2.75) is 37.2 Å². The molecule has 0 bridgehead atoms. The number of pyridine rings is 1. The van der Waals surface area contributed by atoms with Gasteiger partial charge >= 0.3 is 12.3 Å². The smallest absolute Gasteiger partial charge is 0.417 e. The minimum Gasteiger partial charge on any atom is -0.465 e. The summed E-state index contributed by atoms with van der Waals surface area (Å²) in [5.41, 5.74) is -0.570. The van der Waals surface area contributed by atoms with E-state index in [9.17, 15) is 27.9 Å². The molecule has 180 valence electrons. The monoisotopic (exact) mass is 502 g/mol. The molecule has 0 radical (unpaired) electrons. The zero-order valence-corrected chi connectivity index (χ0v) is 19.8. The van der Waals surface area contributed by atoms with Gasteiger partial charge in [-0.15, -0.1) is 11.3 Å². The average Bonchev–Trinajstić information content (AvgIpc) is 3.21. The first-order valence-electron chi connectivity index (χ1n) is 10.7. The van der Waals surface area contributed by atoms with Crippen molar-refractivity contribution in [3.05, 3.63) is 22.6 Å². The second-order valence-corrected chi connectivity index (χ2v) is 10.5. The van der Waals surface area contributed by atoms with Crippen LogP contribution in [-0.4, -0.2) is 70.7 Å². The second-order valence-electron chi connectivity index (χ2n) is 8.31. The molecule has 7 nitrogen and oxygen atoms in total. The topological polar surface area (TPSA) is 85.8 Å². The van der Waals surface area contributed by atoms with Crippen molar-refractivity contribution in [3.63, 3.8) is 0 Å². The van der Waals surface area contributed by atoms with Crippen LogP contribution in [0, 0.1) is 5.92 Å². The van der Waals surface area contributed by atoms with Gasteiger partial charge in [-0.2, -0.15) is 24.9 Å². The van der Waals surface area contributed by atoms with Crippen LogP contribution < -0.4 is 10.2 Å². The van der Waals surface area contributed by atoms with E-state index in [0.29, 0.717) is 19.6 Å². The Morgan fingerprint density at radius 1 is 1.24 bits per heavy atom. The number of hydrogen-bond donors (Lipinski definition) is 2. The van der Waals surface area contributed by atoms with E-state index >= 15 is 0 Å². The highest BCUT2D eigenvalue weighted by molar-refractivity contribution is 8.00. The summed E-state index contributed by atoms with van der Waals surface area (Å²) in [6, 6.07) is 0.974. The molecule has 33 heavy (non-hydrogen) atoms. The Kier molecular flexibility index (Phi) is 6.68. The van der Waals surface area contributed by atoms with E-state index in [1.807, 2.05) is 11.8 Å². The van der Waals surface area contributed by atoms with Gasteiger partial charge in [0.05, 0.1) is 21.3 Å². The molecule has 0 saturated carbocycles. The van der Waals surface area contributed by atoms with Crippen molar-refractivity contribution in [2.24, 2.45) is 5.92 Å². The van der Waals surface area contributed by atoms with Crippen LogP contribution in [0.25, 0.3) is 10.2 Å². The Bertz CT molecular complexity index is 1050. The van der Waals surface area contributed by atoms with E-state index < -0.39 is 23.7 Å². The number of thiophene rings is 1. The summed E-state index contributed by atoms with van der Waals surface area (Å²) in [4.78, 5) is 31.5. The molecule has 4 heterocycles. The number of hydrogen-bond acceptors (Lipinski definition) is 6. The standard InChI is InChI=1S/C21H25F3N4O3S2/c1-11-17(32-8-7-28(11)20(30)31)12-3-5-27(6-4-12)15-9-14(21(22,23)24)18-16(26-15)13(10-33-18)19(29)25-2/h9-12,17H,3-8H2,1-2H3,(H,25,29)(H,30,31). The summed E-state index contributed by atoms with van der Waals surface area (Å²) in [5.74, 6) is 0.768. The number of nitrogens with one attached hydrogen (secondary N) is 1. The van der Waals surface area contributed by atoms with Crippen molar-refractivity contribution in [1.29, 1.82) is 0 Å². The number of nitrogens with zero attached hydrogens (tertiary/aromatic N) is 3. The maximum absolute atomic E-state index is 13.8. The second kappa shape index (κ2) is 9.21. The summed E-state index contributed by atoms with van der Waals surface area (Å²) in [6.07, 6.45) is -4.00. The number of alkyl halides is 3. The van der Waals surface area contributed by atoms with Crippen LogP contribution >= 0.6 is 23.1 Å². The number of halogens is 3. The number of carboxylic acid groups (broad SMARTS) is 1. The normalized spacial score (nSPS) is 22.6. The van der Waals surface area contributed by atoms with Gasteiger partial charge in [-0.25, -0.2) is 9.78 Å². The predicted octanol–water partition coefficient (Wildman–Crippen LogP) is 4.38. The number of rotatable bonds is 3. The van der Waals surface area contributed by atoms with E-state index in [1.165, 1.54) is 17.3 Å². The minimum absolute atomic E-state index is 0.0408. The Labute approximate surface area is 197 Å². The Balaban J connectivity index is 1.58. The number of anilines is 1. The molecule has 0 spiro atoms. The third kappa shape index (κ3) is 4.59. The van der Waals surface area contributed by atoms with Crippen LogP contribution in [0.2, 0.25) is 0 Å². The lowest BCUT2D eigenvalue weighted by Gasteiger charge is -2.44. The van der Waals surface area contributed by atoms with Crippen LogP contribution in [0.1, 0.15) is 35.7 Å². The van der Waals surface area contributed by atoms with E-state index in [4.69, 9.17) is 0 Å². The molecule has 2 saturated heterocycles. The van der Waals surface area contributed by atoms with Crippen molar-refractivity contribution in [2.75, 3.05) is 37.3 Å². The highest BCUT2D eigenvalue weighted by Crippen LogP contribution is 2.41. The molecule has 2 amide bonds. The lowest BCUT2D eigenvalue weighted by molar-refractivity contribution is -0.136. The van der Waals surface area contributed by atoms with Gasteiger partial charge in [0.25, 0.3) is 5.91 Å². The molecule has 2 aliphatic rings. The summed E-state index contributed by atoms with van der Waals surface area (Å²) in [5, 5.41) is 13.5. The maximum atomic E-state index is 13.8. The molecule has 2 fully saturated rings. The van der Waals surface area contributed by atoms with Crippen molar-refractivity contribution in [1.82, 2.24) is 15.2 Å². The van der Waals surface area contributed by atoms with Gasteiger partial charge in [0.15, 0.2) is 0 Å². The number of aromatic nitrogens is 1. The third-order valence-electron chi connectivity index (χ3n) is 6.47. The van der Waals surface area contributed by atoms with Gasteiger partial charge in [0.2, 0.25) is 0 Å². The molecule has 2 aromatic rings. The average molecular weight is 503 g/mol. The number of fused-ring (bicyclic) bond motifs is 1. The fourth-order valence-electron chi connectivity index (χ4n) is 4.73. The molecule has 2 unspecified atom stereocenters. The Hall–Kier alpha value is -2.21.